The number of benzene rings is 2. The Hall–Kier alpha value is -4.02. The summed E-state index contributed by atoms with van der Waals surface area (Å²) >= 11 is 0. The molecular formula is C21H17F3N4O4. The van der Waals surface area contributed by atoms with Gasteiger partial charge in [0.05, 0.1) is 23.2 Å². The summed E-state index contributed by atoms with van der Waals surface area (Å²) in [6, 6.07) is 11.1. The summed E-state index contributed by atoms with van der Waals surface area (Å²) in [6.07, 6.45) is -4.07. The molecule has 1 N–H and O–H groups in total. The Labute approximate surface area is 180 Å². The van der Waals surface area contributed by atoms with E-state index in [0.29, 0.717) is 23.4 Å². The minimum atomic E-state index is -4.75. The smallest absolute Gasteiger partial charge is 0.435 e. The number of alkyl halides is 3. The van der Waals surface area contributed by atoms with E-state index in [1.54, 1.807) is 37.4 Å². The minimum Gasteiger partial charge on any atom is -0.454 e. The van der Waals surface area contributed by atoms with Gasteiger partial charge in [-0.2, -0.15) is 18.3 Å². The molecule has 0 fully saturated rings. The Balaban J connectivity index is 1.69. The average Bonchev–Trinajstić information content (AvgIpc) is 3.37. The van der Waals surface area contributed by atoms with Crippen LogP contribution in [0.1, 0.15) is 27.3 Å². The average molecular weight is 446 g/mol. The summed E-state index contributed by atoms with van der Waals surface area (Å²) < 4.78 is 51.8. The molecule has 0 atom stereocenters. The number of ether oxygens (including phenoxy) is 2. The number of aromatic nitrogens is 2. The van der Waals surface area contributed by atoms with Gasteiger partial charge < -0.3 is 19.6 Å². The van der Waals surface area contributed by atoms with Crippen LogP contribution in [-0.4, -0.2) is 41.0 Å². The summed E-state index contributed by atoms with van der Waals surface area (Å²) in [4.78, 5) is 14.4. The first-order valence-corrected chi connectivity index (χ1v) is 9.33. The highest BCUT2D eigenvalue weighted by atomic mass is 19.4. The fourth-order valence-electron chi connectivity index (χ4n) is 3.36. The maximum Gasteiger partial charge on any atom is 0.435 e. The second-order valence-electron chi connectivity index (χ2n) is 6.95. The predicted octanol–water partition coefficient (Wildman–Crippen LogP) is 4.01. The number of carbonyl (C=O) groups is 1. The Morgan fingerprint density at radius 3 is 2.69 bits per heavy atom. The lowest BCUT2D eigenvalue weighted by molar-refractivity contribution is -0.141. The highest BCUT2D eigenvalue weighted by Crippen LogP contribution is 2.36. The first kappa shape index (κ1) is 21.2. The van der Waals surface area contributed by atoms with Gasteiger partial charge >= 0.3 is 6.18 Å². The third-order valence-corrected chi connectivity index (χ3v) is 5.00. The van der Waals surface area contributed by atoms with Gasteiger partial charge in [-0.15, -0.1) is 0 Å². The van der Waals surface area contributed by atoms with Gasteiger partial charge in [0.25, 0.3) is 5.91 Å². The van der Waals surface area contributed by atoms with Crippen molar-refractivity contribution in [2.45, 2.75) is 13.1 Å². The summed E-state index contributed by atoms with van der Waals surface area (Å²) in [7, 11) is 1.57. The van der Waals surface area contributed by atoms with Gasteiger partial charge in [0.15, 0.2) is 17.2 Å². The van der Waals surface area contributed by atoms with Crippen LogP contribution in [0.5, 0.6) is 11.5 Å². The lowest BCUT2D eigenvalue weighted by atomic mass is 10.1. The van der Waals surface area contributed by atoms with Gasteiger partial charge in [-0.3, -0.25) is 4.79 Å². The summed E-state index contributed by atoms with van der Waals surface area (Å²) in [6.45, 7) is 1.51. The van der Waals surface area contributed by atoms with Gasteiger partial charge in [0.2, 0.25) is 6.79 Å². The molecule has 32 heavy (non-hydrogen) atoms. The second kappa shape index (κ2) is 7.91. The molecule has 8 nitrogen and oxygen atoms in total. The standard InChI is InChI=1S/C21H17F3N4O4/c1-12-16(10-25-30)19(21(22,23)24)26-28(12)15-5-3-4-13(8-15)20(29)27(2)14-6-7-17-18(9-14)32-11-31-17/h3-10,30H,11H2,1-2H3/b25-10+. The van der Waals surface area contributed by atoms with Gasteiger partial charge in [-0.25, -0.2) is 4.68 Å². The molecular weight excluding hydrogens is 429 g/mol. The third-order valence-electron chi connectivity index (χ3n) is 5.00. The van der Waals surface area contributed by atoms with Crippen LogP contribution < -0.4 is 14.4 Å². The van der Waals surface area contributed by atoms with Crippen LogP contribution in [0.25, 0.3) is 5.69 Å². The SMILES string of the molecule is Cc1c(/C=N/O)c(C(F)(F)F)nn1-c1cccc(C(=O)N(C)c2ccc3c(c2)OCO3)c1. The molecule has 3 aromatic rings. The van der Waals surface area contributed by atoms with Crippen molar-refractivity contribution in [2.24, 2.45) is 5.16 Å². The molecule has 0 spiro atoms. The minimum absolute atomic E-state index is 0.101. The van der Waals surface area contributed by atoms with Crippen LogP contribution in [0, 0.1) is 6.92 Å². The zero-order valence-corrected chi connectivity index (χ0v) is 16.9. The lowest BCUT2D eigenvalue weighted by Crippen LogP contribution is -2.26. The van der Waals surface area contributed by atoms with Crippen molar-refractivity contribution < 1.29 is 32.6 Å². The van der Waals surface area contributed by atoms with Crippen LogP contribution in [0.3, 0.4) is 0 Å². The van der Waals surface area contributed by atoms with Gasteiger partial charge in [-0.05, 0) is 37.3 Å². The fraction of sp³-hybridized carbons (Fsp3) is 0.190. The van der Waals surface area contributed by atoms with Crippen LogP contribution in [-0.2, 0) is 6.18 Å². The van der Waals surface area contributed by atoms with Crippen LogP contribution in [0.4, 0.5) is 18.9 Å². The molecule has 0 saturated carbocycles. The zero-order valence-electron chi connectivity index (χ0n) is 16.9. The van der Waals surface area contributed by atoms with E-state index < -0.39 is 11.9 Å². The topological polar surface area (TPSA) is 89.2 Å². The first-order chi connectivity index (χ1) is 15.2. The quantitative estimate of drug-likeness (QED) is 0.372. The molecule has 0 aliphatic carbocycles. The number of halogens is 3. The van der Waals surface area contributed by atoms with Crippen molar-refractivity contribution in [1.29, 1.82) is 0 Å². The fourth-order valence-corrected chi connectivity index (χ4v) is 3.36. The summed E-state index contributed by atoms with van der Waals surface area (Å²) in [5.74, 6) is 0.706. The van der Waals surface area contributed by atoms with Gasteiger partial charge in [0.1, 0.15) is 0 Å². The molecule has 1 amide bonds. The van der Waals surface area contributed by atoms with E-state index in [4.69, 9.17) is 14.7 Å². The zero-order chi connectivity index (χ0) is 23.0. The van der Waals surface area contributed by atoms with Crippen molar-refractivity contribution in [3.8, 4) is 17.2 Å². The van der Waals surface area contributed by atoms with Crippen LogP contribution in [0.15, 0.2) is 47.6 Å². The molecule has 166 valence electrons. The van der Waals surface area contributed by atoms with Crippen LogP contribution in [0.2, 0.25) is 0 Å². The van der Waals surface area contributed by atoms with Crippen molar-refractivity contribution in [3.63, 3.8) is 0 Å². The third kappa shape index (κ3) is 3.72. The number of amides is 1. The number of rotatable bonds is 4. The summed E-state index contributed by atoms with van der Waals surface area (Å²) in [5, 5.41) is 15.1. The van der Waals surface area contributed by atoms with Crippen molar-refractivity contribution in [2.75, 3.05) is 18.7 Å². The molecule has 2 heterocycles. The molecule has 0 saturated heterocycles. The maximum atomic E-state index is 13.4. The van der Waals surface area contributed by atoms with E-state index in [0.717, 1.165) is 4.68 Å². The lowest BCUT2D eigenvalue weighted by Gasteiger charge is -2.18. The molecule has 11 heteroatoms. The number of nitrogens with zero attached hydrogens (tertiary/aromatic N) is 4. The van der Waals surface area contributed by atoms with Crippen LogP contribution >= 0.6 is 0 Å². The monoisotopic (exact) mass is 446 g/mol. The number of carbonyl (C=O) groups excluding carboxylic acids is 1. The highest BCUT2D eigenvalue weighted by Gasteiger charge is 2.38. The number of anilines is 1. The largest absolute Gasteiger partial charge is 0.454 e. The Kier molecular flexibility index (Phi) is 5.25. The molecule has 1 aromatic heterocycles. The number of hydrogen-bond acceptors (Lipinski definition) is 6. The molecule has 2 aromatic carbocycles. The van der Waals surface area contributed by atoms with E-state index in [9.17, 15) is 18.0 Å². The highest BCUT2D eigenvalue weighted by molar-refractivity contribution is 6.06. The van der Waals surface area contributed by atoms with E-state index in [2.05, 4.69) is 10.3 Å². The molecule has 0 unspecified atom stereocenters. The Bertz CT molecular complexity index is 1220. The Morgan fingerprint density at radius 1 is 1.22 bits per heavy atom. The molecule has 4 rings (SSSR count). The van der Waals surface area contributed by atoms with E-state index in [1.165, 1.54) is 24.0 Å². The number of hydrogen-bond donors (Lipinski definition) is 1. The first-order valence-electron chi connectivity index (χ1n) is 9.33. The number of fused-ring (bicyclic) bond motifs is 1. The van der Waals surface area contributed by atoms with E-state index in [1.807, 2.05) is 0 Å². The predicted molar refractivity (Wildman–Crippen MR) is 108 cm³/mol. The van der Waals surface area contributed by atoms with Crippen molar-refractivity contribution >= 4 is 17.8 Å². The second-order valence-corrected chi connectivity index (χ2v) is 6.95. The van der Waals surface area contributed by atoms with E-state index >= 15 is 0 Å². The molecule has 0 radical (unpaired) electrons. The van der Waals surface area contributed by atoms with Crippen molar-refractivity contribution in [3.05, 3.63) is 65.0 Å². The molecule has 0 bridgehead atoms. The molecule has 1 aliphatic rings. The Morgan fingerprint density at radius 2 is 1.97 bits per heavy atom. The normalized spacial score (nSPS) is 13.0. The van der Waals surface area contributed by atoms with Gasteiger partial charge in [0, 0.05) is 24.4 Å². The molecule has 1 aliphatic heterocycles. The van der Waals surface area contributed by atoms with Gasteiger partial charge in [-0.1, -0.05) is 11.2 Å². The summed E-state index contributed by atoms with van der Waals surface area (Å²) in [5.41, 5.74) is -0.417. The van der Waals surface area contributed by atoms with E-state index in [-0.39, 0.29) is 35.2 Å². The maximum absolute atomic E-state index is 13.4. The van der Waals surface area contributed by atoms with Crippen molar-refractivity contribution in [1.82, 2.24) is 9.78 Å². The number of oxime groups is 1.